The van der Waals surface area contributed by atoms with Crippen LogP contribution in [0.1, 0.15) is 18.1 Å². The Bertz CT molecular complexity index is 444. The van der Waals surface area contributed by atoms with Crippen LogP contribution in [0, 0.1) is 6.92 Å². The molecule has 0 heterocycles. The first-order chi connectivity index (χ1) is 7.83. The minimum Gasteiger partial charge on any atom is -0.406 e. The maximum Gasteiger partial charge on any atom is 0.573 e. The van der Waals surface area contributed by atoms with E-state index in [2.05, 4.69) is 11.3 Å². The molecular formula is C13H13F3O. The number of allylic oxidation sites excluding steroid dienone is 3. The van der Waals surface area contributed by atoms with Gasteiger partial charge in [0.15, 0.2) is 0 Å². The van der Waals surface area contributed by atoms with Crippen molar-refractivity contribution in [2.45, 2.75) is 20.2 Å². The average Bonchev–Trinajstić information content (AvgIpc) is 2.15. The fraction of sp³-hybridized carbons (Fsp3) is 0.231. The number of aryl methyl sites for hydroxylation is 1. The quantitative estimate of drug-likeness (QED) is 0.710. The average molecular weight is 242 g/mol. The summed E-state index contributed by atoms with van der Waals surface area (Å²) in [6, 6.07) is 4.20. The summed E-state index contributed by atoms with van der Waals surface area (Å²) in [6.07, 6.45) is -1.04. The Morgan fingerprint density at radius 3 is 2.47 bits per heavy atom. The predicted octanol–water partition coefficient (Wildman–Crippen LogP) is 4.48. The molecule has 4 heteroatoms. The van der Waals surface area contributed by atoms with Gasteiger partial charge in [-0.1, -0.05) is 24.8 Å². The lowest BCUT2D eigenvalue weighted by Gasteiger charge is -2.11. The Morgan fingerprint density at radius 2 is 2.00 bits per heavy atom. The number of ether oxygens (including phenoxy) is 1. The van der Waals surface area contributed by atoms with E-state index in [1.807, 2.05) is 13.0 Å². The first-order valence-corrected chi connectivity index (χ1v) is 5.02. The van der Waals surface area contributed by atoms with Crippen molar-refractivity contribution in [1.82, 2.24) is 0 Å². The first kappa shape index (κ1) is 13.4. The second-order valence-electron chi connectivity index (χ2n) is 3.55. The van der Waals surface area contributed by atoms with Crippen LogP contribution in [0.2, 0.25) is 0 Å². The molecule has 0 spiro atoms. The maximum atomic E-state index is 12.0. The van der Waals surface area contributed by atoms with Gasteiger partial charge in [-0.15, -0.1) is 13.2 Å². The molecule has 0 aliphatic heterocycles. The van der Waals surface area contributed by atoms with E-state index in [1.54, 1.807) is 19.1 Å². The van der Waals surface area contributed by atoms with Crippen molar-refractivity contribution in [2.75, 3.05) is 0 Å². The number of rotatable bonds is 3. The summed E-state index contributed by atoms with van der Waals surface area (Å²) in [6.45, 7) is 7.39. The largest absolute Gasteiger partial charge is 0.573 e. The van der Waals surface area contributed by atoms with Crippen LogP contribution in [-0.4, -0.2) is 6.36 Å². The summed E-state index contributed by atoms with van der Waals surface area (Å²) < 4.78 is 39.8. The van der Waals surface area contributed by atoms with E-state index in [0.717, 1.165) is 11.1 Å². The van der Waals surface area contributed by atoms with E-state index < -0.39 is 6.36 Å². The van der Waals surface area contributed by atoms with Gasteiger partial charge >= 0.3 is 6.36 Å². The fourth-order valence-corrected chi connectivity index (χ4v) is 1.48. The molecule has 1 rings (SSSR count). The molecule has 0 radical (unpaired) electrons. The van der Waals surface area contributed by atoms with Gasteiger partial charge in [0.25, 0.3) is 0 Å². The van der Waals surface area contributed by atoms with Crippen LogP contribution < -0.4 is 4.74 Å². The molecule has 0 fully saturated rings. The summed E-state index contributed by atoms with van der Waals surface area (Å²) in [7, 11) is 0. The predicted molar refractivity (Wildman–Crippen MR) is 61.7 cm³/mol. The number of hydrogen-bond acceptors (Lipinski definition) is 1. The topological polar surface area (TPSA) is 9.23 Å². The third-order valence-corrected chi connectivity index (χ3v) is 2.15. The molecule has 0 bridgehead atoms. The van der Waals surface area contributed by atoms with Gasteiger partial charge in [-0.05, 0) is 42.7 Å². The Balaban J connectivity index is 2.98. The molecule has 0 aromatic heterocycles. The van der Waals surface area contributed by atoms with Crippen LogP contribution in [0.25, 0.3) is 5.57 Å². The summed E-state index contributed by atoms with van der Waals surface area (Å²) in [4.78, 5) is 0. The zero-order chi connectivity index (χ0) is 13.1. The molecule has 0 aliphatic rings. The Labute approximate surface area is 98.2 Å². The normalized spacial score (nSPS) is 11.8. The standard InChI is InChI=1S/C13H13F3O/c1-4-5-9(2)12-7-6-11(8-10(12)3)17-13(14,15)16/h4-8H,2H2,1,3H3/b5-4-. The van der Waals surface area contributed by atoms with Gasteiger partial charge in [-0.2, -0.15) is 0 Å². The highest BCUT2D eigenvalue weighted by atomic mass is 19.4. The highest BCUT2D eigenvalue weighted by Crippen LogP contribution is 2.27. The van der Waals surface area contributed by atoms with Crippen molar-refractivity contribution in [3.63, 3.8) is 0 Å². The number of hydrogen-bond donors (Lipinski definition) is 0. The van der Waals surface area contributed by atoms with E-state index in [9.17, 15) is 13.2 Å². The molecule has 17 heavy (non-hydrogen) atoms. The zero-order valence-electron chi connectivity index (χ0n) is 9.64. The van der Waals surface area contributed by atoms with Crippen molar-refractivity contribution in [3.8, 4) is 5.75 Å². The van der Waals surface area contributed by atoms with Crippen LogP contribution in [-0.2, 0) is 0 Å². The van der Waals surface area contributed by atoms with Gasteiger partial charge in [0, 0.05) is 0 Å². The van der Waals surface area contributed by atoms with Crippen LogP contribution >= 0.6 is 0 Å². The molecule has 0 N–H and O–H groups in total. The molecule has 0 amide bonds. The van der Waals surface area contributed by atoms with E-state index >= 15 is 0 Å². The Morgan fingerprint density at radius 1 is 1.35 bits per heavy atom. The zero-order valence-corrected chi connectivity index (χ0v) is 9.64. The van der Waals surface area contributed by atoms with Crippen LogP contribution in [0.3, 0.4) is 0 Å². The number of halogens is 3. The third-order valence-electron chi connectivity index (χ3n) is 2.15. The minimum absolute atomic E-state index is 0.216. The molecular weight excluding hydrogens is 229 g/mol. The van der Waals surface area contributed by atoms with Gasteiger partial charge in [0.05, 0.1) is 0 Å². The highest BCUT2D eigenvalue weighted by molar-refractivity contribution is 5.74. The van der Waals surface area contributed by atoms with Crippen molar-refractivity contribution < 1.29 is 17.9 Å². The fourth-order valence-electron chi connectivity index (χ4n) is 1.48. The van der Waals surface area contributed by atoms with Crippen LogP contribution in [0.15, 0.2) is 36.9 Å². The van der Waals surface area contributed by atoms with Crippen molar-refractivity contribution >= 4 is 5.57 Å². The lowest BCUT2D eigenvalue weighted by Crippen LogP contribution is -2.17. The molecule has 1 nitrogen and oxygen atoms in total. The van der Waals surface area contributed by atoms with E-state index in [1.165, 1.54) is 12.1 Å². The number of benzene rings is 1. The molecule has 92 valence electrons. The minimum atomic E-state index is -4.66. The summed E-state index contributed by atoms with van der Waals surface area (Å²) in [5.41, 5.74) is 2.25. The van der Waals surface area contributed by atoms with Gasteiger partial charge < -0.3 is 4.74 Å². The Kier molecular flexibility index (Phi) is 3.99. The first-order valence-electron chi connectivity index (χ1n) is 5.02. The van der Waals surface area contributed by atoms with Gasteiger partial charge in [0.1, 0.15) is 5.75 Å². The molecule has 0 aliphatic carbocycles. The van der Waals surface area contributed by atoms with Crippen molar-refractivity contribution in [1.29, 1.82) is 0 Å². The highest BCUT2D eigenvalue weighted by Gasteiger charge is 2.31. The van der Waals surface area contributed by atoms with Gasteiger partial charge in [-0.25, -0.2) is 0 Å². The Hall–Kier alpha value is -1.71. The lowest BCUT2D eigenvalue weighted by molar-refractivity contribution is -0.274. The summed E-state index contributed by atoms with van der Waals surface area (Å²) in [5, 5.41) is 0. The summed E-state index contributed by atoms with van der Waals surface area (Å²) in [5.74, 6) is -0.216. The third kappa shape index (κ3) is 3.98. The maximum absolute atomic E-state index is 12.0. The monoisotopic (exact) mass is 242 g/mol. The van der Waals surface area contributed by atoms with Gasteiger partial charge in [-0.3, -0.25) is 0 Å². The summed E-state index contributed by atoms with van der Waals surface area (Å²) >= 11 is 0. The second kappa shape index (κ2) is 5.08. The van der Waals surface area contributed by atoms with Crippen LogP contribution in [0.5, 0.6) is 5.75 Å². The second-order valence-corrected chi connectivity index (χ2v) is 3.55. The van der Waals surface area contributed by atoms with Crippen molar-refractivity contribution in [3.05, 3.63) is 48.1 Å². The van der Waals surface area contributed by atoms with E-state index in [4.69, 9.17) is 0 Å². The molecule has 0 saturated carbocycles. The van der Waals surface area contributed by atoms with Crippen molar-refractivity contribution in [2.24, 2.45) is 0 Å². The molecule has 0 saturated heterocycles. The van der Waals surface area contributed by atoms with E-state index in [0.29, 0.717) is 5.56 Å². The van der Waals surface area contributed by atoms with Crippen LogP contribution in [0.4, 0.5) is 13.2 Å². The van der Waals surface area contributed by atoms with Gasteiger partial charge in [0.2, 0.25) is 0 Å². The smallest absolute Gasteiger partial charge is 0.406 e. The van der Waals surface area contributed by atoms with E-state index in [-0.39, 0.29) is 5.75 Å². The number of alkyl halides is 3. The molecule has 1 aromatic carbocycles. The lowest BCUT2D eigenvalue weighted by atomic mass is 10.0. The molecule has 0 unspecified atom stereocenters. The molecule has 0 atom stereocenters. The SMILES string of the molecule is C=C(/C=C\C)c1ccc(OC(F)(F)F)cc1C. The molecule has 1 aromatic rings.